The van der Waals surface area contributed by atoms with Crippen LogP contribution in [0.3, 0.4) is 0 Å². The summed E-state index contributed by atoms with van der Waals surface area (Å²) in [4.78, 5) is 16.9. The highest BCUT2D eigenvalue weighted by Crippen LogP contribution is 2.28. The highest BCUT2D eigenvalue weighted by atomic mass is 127. The average Bonchev–Trinajstić information content (AvgIpc) is 2.97. The van der Waals surface area contributed by atoms with Crippen LogP contribution in [0.15, 0.2) is 50.7 Å². The average molecular weight is 410 g/mol. The number of benzene rings is 1. The van der Waals surface area contributed by atoms with E-state index >= 15 is 0 Å². The third-order valence-electron chi connectivity index (χ3n) is 2.75. The summed E-state index contributed by atoms with van der Waals surface area (Å²) in [5.41, 5.74) is 1.96. The number of rotatable bonds is 2. The van der Waals surface area contributed by atoms with Crippen molar-refractivity contribution in [1.29, 1.82) is 0 Å². The SMILES string of the molecule is Cc1cccc(N=C2NC(=O)/C(=C/c3ccc(I)o3)S2)c1. The Labute approximate surface area is 139 Å². The van der Waals surface area contributed by atoms with Gasteiger partial charge in [-0.1, -0.05) is 12.1 Å². The van der Waals surface area contributed by atoms with Crippen LogP contribution in [0.2, 0.25) is 0 Å². The van der Waals surface area contributed by atoms with Crippen molar-refractivity contribution in [2.45, 2.75) is 6.92 Å². The molecule has 1 aliphatic heterocycles. The van der Waals surface area contributed by atoms with Crippen LogP contribution in [0.1, 0.15) is 11.3 Å². The number of amidine groups is 1. The molecule has 0 atom stereocenters. The minimum absolute atomic E-state index is 0.155. The predicted octanol–water partition coefficient (Wildman–Crippen LogP) is 4.08. The van der Waals surface area contributed by atoms with E-state index < -0.39 is 0 Å². The first-order chi connectivity index (χ1) is 10.1. The van der Waals surface area contributed by atoms with Crippen molar-refractivity contribution in [2.24, 2.45) is 4.99 Å². The molecular formula is C15H11IN2O2S. The number of nitrogens with one attached hydrogen (secondary N) is 1. The maximum absolute atomic E-state index is 11.9. The lowest BCUT2D eigenvalue weighted by Crippen LogP contribution is -2.19. The van der Waals surface area contributed by atoms with Gasteiger partial charge in [0.05, 0.1) is 10.6 Å². The molecule has 2 aromatic rings. The van der Waals surface area contributed by atoms with Gasteiger partial charge in [-0.05, 0) is 71.1 Å². The number of halogens is 1. The van der Waals surface area contributed by atoms with Crippen LogP contribution in [0.25, 0.3) is 6.08 Å². The quantitative estimate of drug-likeness (QED) is 0.600. The molecule has 4 nitrogen and oxygen atoms in total. The van der Waals surface area contributed by atoms with Crippen LogP contribution in [-0.4, -0.2) is 11.1 Å². The molecule has 1 saturated heterocycles. The van der Waals surface area contributed by atoms with Gasteiger partial charge in [0.25, 0.3) is 5.91 Å². The van der Waals surface area contributed by atoms with Gasteiger partial charge in [0.15, 0.2) is 8.93 Å². The smallest absolute Gasteiger partial charge is 0.264 e. The molecule has 3 rings (SSSR count). The molecule has 0 aliphatic carbocycles. The van der Waals surface area contributed by atoms with Crippen molar-refractivity contribution in [3.05, 3.63) is 56.4 Å². The highest BCUT2D eigenvalue weighted by Gasteiger charge is 2.24. The fourth-order valence-electron chi connectivity index (χ4n) is 1.83. The summed E-state index contributed by atoms with van der Waals surface area (Å²) in [5, 5.41) is 3.34. The van der Waals surface area contributed by atoms with E-state index in [1.165, 1.54) is 11.8 Å². The lowest BCUT2D eigenvalue weighted by Gasteiger charge is -1.97. The third-order valence-corrected chi connectivity index (χ3v) is 4.24. The number of thioether (sulfide) groups is 1. The maximum Gasteiger partial charge on any atom is 0.264 e. The summed E-state index contributed by atoms with van der Waals surface area (Å²) in [6.45, 7) is 2.01. The zero-order chi connectivity index (χ0) is 14.8. The Balaban J connectivity index is 1.83. The number of furan rings is 1. The molecule has 1 amide bonds. The van der Waals surface area contributed by atoms with Crippen LogP contribution in [0.5, 0.6) is 0 Å². The second-order valence-corrected chi connectivity index (χ2v) is 6.56. The molecule has 0 radical (unpaired) electrons. The second kappa shape index (κ2) is 6.07. The van der Waals surface area contributed by atoms with E-state index in [4.69, 9.17) is 4.42 Å². The number of aliphatic imine (C=N–C) groups is 1. The molecule has 0 unspecified atom stereocenters. The Morgan fingerprint density at radius 2 is 2.19 bits per heavy atom. The van der Waals surface area contributed by atoms with Gasteiger partial charge >= 0.3 is 0 Å². The van der Waals surface area contributed by atoms with Crippen LogP contribution in [0.4, 0.5) is 5.69 Å². The van der Waals surface area contributed by atoms with Crippen molar-refractivity contribution in [2.75, 3.05) is 0 Å². The van der Waals surface area contributed by atoms with Crippen molar-refractivity contribution >= 4 is 57.2 Å². The molecule has 0 spiro atoms. The highest BCUT2D eigenvalue weighted by molar-refractivity contribution is 14.1. The normalized spacial score (nSPS) is 18.5. The number of carbonyl (C=O) groups excluding carboxylic acids is 1. The molecule has 21 heavy (non-hydrogen) atoms. The first kappa shape index (κ1) is 14.4. The molecule has 0 bridgehead atoms. The van der Waals surface area contributed by atoms with E-state index in [2.05, 4.69) is 32.9 Å². The summed E-state index contributed by atoms with van der Waals surface area (Å²) in [6, 6.07) is 11.5. The van der Waals surface area contributed by atoms with Crippen molar-refractivity contribution in [1.82, 2.24) is 5.32 Å². The first-order valence-electron chi connectivity index (χ1n) is 6.22. The topological polar surface area (TPSA) is 54.6 Å². The molecule has 1 aromatic heterocycles. The van der Waals surface area contributed by atoms with E-state index in [9.17, 15) is 4.79 Å². The summed E-state index contributed by atoms with van der Waals surface area (Å²) < 4.78 is 6.23. The number of hydrogen-bond donors (Lipinski definition) is 1. The van der Waals surface area contributed by atoms with E-state index in [1.54, 1.807) is 6.08 Å². The molecule has 0 saturated carbocycles. The van der Waals surface area contributed by atoms with Gasteiger partial charge in [0.2, 0.25) is 0 Å². The molecule has 106 valence electrons. The van der Waals surface area contributed by atoms with E-state index in [1.807, 2.05) is 43.3 Å². The van der Waals surface area contributed by atoms with Gasteiger partial charge in [-0.25, -0.2) is 4.99 Å². The van der Waals surface area contributed by atoms with Gasteiger partial charge in [-0.15, -0.1) is 0 Å². The standard InChI is InChI=1S/C15H11IN2O2S/c1-9-3-2-4-10(7-9)17-15-18-14(19)12(21-15)8-11-5-6-13(16)20-11/h2-8H,1H3,(H,17,18,19)/b12-8-. The van der Waals surface area contributed by atoms with Crippen molar-refractivity contribution < 1.29 is 9.21 Å². The number of hydrogen-bond acceptors (Lipinski definition) is 4. The summed E-state index contributed by atoms with van der Waals surface area (Å²) >= 11 is 3.40. The first-order valence-corrected chi connectivity index (χ1v) is 8.11. The van der Waals surface area contributed by atoms with Crippen LogP contribution < -0.4 is 5.32 Å². The number of nitrogens with zero attached hydrogens (tertiary/aromatic N) is 1. The summed E-state index contributed by atoms with van der Waals surface area (Å²) in [5.74, 6) is 0.506. The largest absolute Gasteiger partial charge is 0.451 e. The predicted molar refractivity (Wildman–Crippen MR) is 93.4 cm³/mol. The fraction of sp³-hybridized carbons (Fsp3) is 0.0667. The molecular weight excluding hydrogens is 399 g/mol. The molecule has 1 N–H and O–H groups in total. The van der Waals surface area contributed by atoms with E-state index in [0.29, 0.717) is 15.8 Å². The van der Waals surface area contributed by atoms with Crippen LogP contribution in [0, 0.1) is 10.7 Å². The second-order valence-electron chi connectivity index (χ2n) is 4.46. The Morgan fingerprint density at radius 1 is 1.33 bits per heavy atom. The monoisotopic (exact) mass is 410 g/mol. The Hall–Kier alpha value is -1.54. The van der Waals surface area contributed by atoms with Gasteiger partial charge in [0, 0.05) is 6.08 Å². The van der Waals surface area contributed by atoms with Gasteiger partial charge < -0.3 is 9.73 Å². The Morgan fingerprint density at radius 3 is 2.90 bits per heavy atom. The lowest BCUT2D eigenvalue weighted by molar-refractivity contribution is -0.115. The molecule has 1 aromatic carbocycles. The maximum atomic E-state index is 11.9. The van der Waals surface area contributed by atoms with E-state index in [0.717, 1.165) is 15.0 Å². The van der Waals surface area contributed by atoms with Crippen LogP contribution in [-0.2, 0) is 4.79 Å². The molecule has 2 heterocycles. The molecule has 1 aliphatic rings. The van der Waals surface area contributed by atoms with E-state index in [-0.39, 0.29) is 5.91 Å². The minimum atomic E-state index is -0.155. The van der Waals surface area contributed by atoms with Gasteiger partial charge in [-0.2, -0.15) is 0 Å². The Kier molecular flexibility index (Phi) is 4.16. The summed E-state index contributed by atoms with van der Waals surface area (Å²) in [7, 11) is 0. The molecule has 1 fully saturated rings. The van der Waals surface area contributed by atoms with Crippen LogP contribution >= 0.6 is 34.4 Å². The minimum Gasteiger partial charge on any atom is -0.451 e. The fourth-order valence-corrected chi connectivity index (χ4v) is 3.09. The lowest BCUT2D eigenvalue weighted by atomic mass is 10.2. The van der Waals surface area contributed by atoms with Crippen molar-refractivity contribution in [3.8, 4) is 0 Å². The van der Waals surface area contributed by atoms with Crippen molar-refractivity contribution in [3.63, 3.8) is 0 Å². The number of carbonyl (C=O) groups is 1. The third kappa shape index (κ3) is 3.56. The summed E-state index contributed by atoms with van der Waals surface area (Å²) in [6.07, 6.45) is 1.72. The molecule has 6 heteroatoms. The number of aryl methyl sites for hydroxylation is 1. The number of amides is 1. The van der Waals surface area contributed by atoms with Gasteiger partial charge in [-0.3, -0.25) is 4.79 Å². The zero-order valence-electron chi connectivity index (χ0n) is 11.1. The van der Waals surface area contributed by atoms with Gasteiger partial charge in [0.1, 0.15) is 5.76 Å². The Bertz CT molecular complexity index is 765. The zero-order valence-corrected chi connectivity index (χ0v) is 14.1.